The van der Waals surface area contributed by atoms with E-state index in [9.17, 15) is 23.1 Å². The summed E-state index contributed by atoms with van der Waals surface area (Å²) in [6, 6.07) is 9.27. The number of halogens is 3. The second-order valence-electron chi connectivity index (χ2n) is 7.49. The minimum atomic E-state index is -4.83. The molecule has 0 aliphatic rings. The fourth-order valence-corrected chi connectivity index (χ4v) is 3.22. The number of hydrogen-bond acceptors (Lipinski definition) is 8. The third kappa shape index (κ3) is 7.34. The molecule has 1 unspecified atom stereocenters. The Labute approximate surface area is 204 Å². The van der Waals surface area contributed by atoms with Crippen molar-refractivity contribution in [2.75, 3.05) is 13.7 Å². The lowest BCUT2D eigenvalue weighted by Crippen LogP contribution is -2.39. The van der Waals surface area contributed by atoms with E-state index in [-0.39, 0.29) is 29.4 Å². The highest BCUT2D eigenvalue weighted by Crippen LogP contribution is 2.26. The SMILES string of the molecule is CN/C=C(\C=N)c1nc(C(=O)NC(CO)Cc2cccnc2)cc(-c2ccc(OC(F)(F)F)cc2)n1. The van der Waals surface area contributed by atoms with E-state index < -0.39 is 24.1 Å². The molecule has 0 saturated carbocycles. The van der Waals surface area contributed by atoms with Gasteiger partial charge in [0.2, 0.25) is 0 Å². The second-order valence-corrected chi connectivity index (χ2v) is 7.49. The number of carbonyl (C=O) groups excluding carboxylic acids is 1. The van der Waals surface area contributed by atoms with Crippen molar-refractivity contribution in [1.29, 1.82) is 5.41 Å². The van der Waals surface area contributed by atoms with Gasteiger partial charge in [0.25, 0.3) is 5.91 Å². The topological polar surface area (TPSA) is 133 Å². The molecular weight excluding hydrogens is 477 g/mol. The van der Waals surface area contributed by atoms with Crippen LogP contribution in [0.4, 0.5) is 13.2 Å². The monoisotopic (exact) mass is 500 g/mol. The predicted molar refractivity (Wildman–Crippen MR) is 126 cm³/mol. The maximum atomic E-state index is 13.1. The first-order valence-electron chi connectivity index (χ1n) is 10.7. The summed E-state index contributed by atoms with van der Waals surface area (Å²) < 4.78 is 41.4. The molecule has 12 heteroatoms. The average Bonchev–Trinajstić information content (AvgIpc) is 2.86. The van der Waals surface area contributed by atoms with Gasteiger partial charge in [-0.2, -0.15) is 0 Å². The number of aliphatic hydroxyl groups is 1. The number of ether oxygens (including phenoxy) is 1. The molecule has 9 nitrogen and oxygen atoms in total. The maximum Gasteiger partial charge on any atom is 0.573 e. The molecule has 3 aromatic rings. The van der Waals surface area contributed by atoms with E-state index in [0.717, 1.165) is 23.9 Å². The van der Waals surface area contributed by atoms with E-state index in [2.05, 4.69) is 30.3 Å². The molecular formula is C24H23F3N6O3. The van der Waals surface area contributed by atoms with E-state index in [0.29, 0.717) is 12.0 Å². The highest BCUT2D eigenvalue weighted by molar-refractivity contribution is 6.07. The summed E-state index contributed by atoms with van der Waals surface area (Å²) in [6.07, 6.45) is 1.20. The molecule has 1 amide bonds. The third-order valence-electron chi connectivity index (χ3n) is 4.82. The summed E-state index contributed by atoms with van der Waals surface area (Å²) in [5, 5.41) is 22.9. The van der Waals surface area contributed by atoms with Crippen LogP contribution in [0.25, 0.3) is 16.8 Å². The number of aliphatic hydroxyl groups excluding tert-OH is 1. The molecule has 0 aliphatic heterocycles. The molecule has 2 heterocycles. The van der Waals surface area contributed by atoms with Crippen molar-refractivity contribution in [3.63, 3.8) is 0 Å². The van der Waals surface area contributed by atoms with Crippen molar-refractivity contribution in [2.24, 2.45) is 0 Å². The molecule has 0 aliphatic carbocycles. The van der Waals surface area contributed by atoms with Crippen molar-refractivity contribution in [3.05, 3.63) is 78.1 Å². The first-order valence-corrected chi connectivity index (χ1v) is 10.7. The lowest BCUT2D eigenvalue weighted by Gasteiger charge is -2.17. The molecule has 0 saturated heterocycles. The number of carbonyl (C=O) groups is 1. The van der Waals surface area contributed by atoms with E-state index in [1.807, 2.05) is 6.07 Å². The molecule has 3 rings (SSSR count). The standard InChI is InChI=1S/C24H23F3N6O3/c1-29-13-17(11-28)22-32-20(16-4-6-19(7-5-16)36-24(25,26)27)10-21(33-22)23(35)31-18(14-34)9-15-3-2-8-30-12-15/h2-8,10-13,18,28-29,34H,9,14H2,1H3,(H,31,35)/b17-13+,28-11?. The highest BCUT2D eigenvalue weighted by atomic mass is 19.4. The van der Waals surface area contributed by atoms with Crippen molar-refractivity contribution in [2.45, 2.75) is 18.8 Å². The van der Waals surface area contributed by atoms with E-state index in [4.69, 9.17) is 5.41 Å². The Morgan fingerprint density at radius 3 is 2.56 bits per heavy atom. The normalized spacial score (nSPS) is 12.5. The second kappa shape index (κ2) is 11.9. The smallest absolute Gasteiger partial charge is 0.406 e. The van der Waals surface area contributed by atoms with Crippen LogP contribution in [-0.2, 0) is 6.42 Å². The van der Waals surface area contributed by atoms with Crippen molar-refractivity contribution in [3.8, 4) is 17.0 Å². The number of allylic oxidation sites excluding steroid dienone is 1. The zero-order chi connectivity index (χ0) is 26.1. The fourth-order valence-electron chi connectivity index (χ4n) is 3.22. The van der Waals surface area contributed by atoms with E-state index in [1.165, 1.54) is 24.4 Å². The third-order valence-corrected chi connectivity index (χ3v) is 4.82. The Hall–Kier alpha value is -4.32. The Morgan fingerprint density at radius 1 is 1.22 bits per heavy atom. The Balaban J connectivity index is 1.94. The summed E-state index contributed by atoms with van der Waals surface area (Å²) >= 11 is 0. The number of aromatic nitrogens is 3. The van der Waals surface area contributed by atoms with Gasteiger partial charge in [-0.05, 0) is 48.4 Å². The summed E-state index contributed by atoms with van der Waals surface area (Å²) in [6.45, 7) is -0.336. The molecule has 188 valence electrons. The van der Waals surface area contributed by atoms with Crippen LogP contribution >= 0.6 is 0 Å². The Bertz CT molecular complexity index is 1220. The van der Waals surface area contributed by atoms with Crippen LogP contribution in [0, 0.1) is 5.41 Å². The molecule has 1 aromatic carbocycles. The number of alkyl halides is 3. The zero-order valence-electron chi connectivity index (χ0n) is 19.1. The van der Waals surface area contributed by atoms with Gasteiger partial charge < -0.3 is 25.9 Å². The number of amides is 1. The first kappa shape index (κ1) is 26.3. The lowest BCUT2D eigenvalue weighted by molar-refractivity contribution is -0.274. The molecule has 0 radical (unpaired) electrons. The van der Waals surface area contributed by atoms with Gasteiger partial charge in [-0.15, -0.1) is 13.2 Å². The summed E-state index contributed by atoms with van der Waals surface area (Å²) in [5.41, 5.74) is 1.65. The lowest BCUT2D eigenvalue weighted by atomic mass is 10.1. The number of pyridine rings is 1. The maximum absolute atomic E-state index is 13.1. The quantitative estimate of drug-likeness (QED) is 0.315. The average molecular weight is 500 g/mol. The number of hydrogen-bond donors (Lipinski definition) is 4. The molecule has 2 aromatic heterocycles. The Kier molecular flexibility index (Phi) is 8.68. The fraction of sp³-hybridized carbons (Fsp3) is 0.208. The minimum absolute atomic E-state index is 0.0467. The van der Waals surface area contributed by atoms with E-state index >= 15 is 0 Å². The van der Waals surface area contributed by atoms with Crippen LogP contribution in [-0.4, -0.2) is 58.2 Å². The van der Waals surface area contributed by atoms with Gasteiger partial charge in [-0.3, -0.25) is 9.78 Å². The summed E-state index contributed by atoms with van der Waals surface area (Å²) in [4.78, 5) is 25.7. The predicted octanol–water partition coefficient (Wildman–Crippen LogP) is 2.98. The molecule has 1 atom stereocenters. The van der Waals surface area contributed by atoms with Crippen molar-refractivity contribution >= 4 is 17.7 Å². The van der Waals surface area contributed by atoms with Crippen LogP contribution in [0.5, 0.6) is 5.75 Å². The molecule has 4 N–H and O–H groups in total. The van der Waals surface area contributed by atoms with Gasteiger partial charge in [0.15, 0.2) is 5.82 Å². The van der Waals surface area contributed by atoms with Gasteiger partial charge >= 0.3 is 6.36 Å². The van der Waals surface area contributed by atoms with Crippen LogP contribution in [0.15, 0.2) is 61.1 Å². The molecule has 0 fully saturated rings. The van der Waals surface area contributed by atoms with Gasteiger partial charge in [0.1, 0.15) is 11.4 Å². The minimum Gasteiger partial charge on any atom is -0.406 e. The van der Waals surface area contributed by atoms with Crippen LogP contribution in [0.3, 0.4) is 0 Å². The summed E-state index contributed by atoms with van der Waals surface area (Å²) in [5.74, 6) is -0.964. The van der Waals surface area contributed by atoms with E-state index in [1.54, 1.807) is 25.5 Å². The molecule has 36 heavy (non-hydrogen) atoms. The van der Waals surface area contributed by atoms with Crippen LogP contribution in [0.1, 0.15) is 21.9 Å². The summed E-state index contributed by atoms with van der Waals surface area (Å²) in [7, 11) is 1.62. The van der Waals surface area contributed by atoms with Crippen LogP contribution < -0.4 is 15.4 Å². The van der Waals surface area contributed by atoms with Gasteiger partial charge in [0.05, 0.1) is 23.9 Å². The number of benzene rings is 1. The number of rotatable bonds is 10. The zero-order valence-corrected chi connectivity index (χ0v) is 19.1. The Morgan fingerprint density at radius 2 is 1.97 bits per heavy atom. The highest BCUT2D eigenvalue weighted by Gasteiger charge is 2.31. The number of nitrogens with one attached hydrogen (secondary N) is 3. The van der Waals surface area contributed by atoms with Crippen LogP contribution in [0.2, 0.25) is 0 Å². The van der Waals surface area contributed by atoms with Crippen molar-refractivity contribution in [1.82, 2.24) is 25.6 Å². The first-order chi connectivity index (χ1) is 17.2. The van der Waals surface area contributed by atoms with Crippen molar-refractivity contribution < 1.29 is 27.8 Å². The largest absolute Gasteiger partial charge is 0.573 e. The van der Waals surface area contributed by atoms with Gasteiger partial charge in [0, 0.05) is 37.4 Å². The molecule has 0 spiro atoms. The van der Waals surface area contributed by atoms with Gasteiger partial charge in [-0.25, -0.2) is 9.97 Å². The number of nitrogens with zero attached hydrogens (tertiary/aromatic N) is 3. The molecule has 0 bridgehead atoms. The van der Waals surface area contributed by atoms with Gasteiger partial charge in [-0.1, -0.05) is 6.07 Å².